The van der Waals surface area contributed by atoms with Gasteiger partial charge in [0.05, 0.1) is 17.6 Å². The second-order valence-electron chi connectivity index (χ2n) is 6.69. The number of anilines is 1. The molecule has 0 aromatic carbocycles. The summed E-state index contributed by atoms with van der Waals surface area (Å²) in [6.45, 7) is 15.6. The number of nitrogens with one attached hydrogen (secondary N) is 1. The van der Waals surface area contributed by atoms with Gasteiger partial charge in [-0.05, 0) is 74.1 Å². The van der Waals surface area contributed by atoms with Crippen molar-refractivity contribution >= 4 is 11.4 Å². The van der Waals surface area contributed by atoms with Crippen LogP contribution in [0.2, 0.25) is 0 Å². The molecule has 0 saturated heterocycles. The largest absolute Gasteiger partial charge is 0.379 e. The number of hydrogen-bond acceptors (Lipinski definition) is 3. The van der Waals surface area contributed by atoms with E-state index in [2.05, 4.69) is 69.0 Å². The molecule has 1 aliphatic rings. The van der Waals surface area contributed by atoms with Crippen molar-refractivity contribution < 1.29 is 0 Å². The van der Waals surface area contributed by atoms with Crippen LogP contribution in [0.5, 0.6) is 0 Å². The Kier molecular flexibility index (Phi) is 10.1. The van der Waals surface area contributed by atoms with Gasteiger partial charge in [-0.15, -0.1) is 0 Å². The summed E-state index contributed by atoms with van der Waals surface area (Å²) in [5, 5.41) is 3.50. The van der Waals surface area contributed by atoms with Gasteiger partial charge in [0.15, 0.2) is 0 Å². The highest BCUT2D eigenvalue weighted by Gasteiger charge is 2.18. The molecule has 1 aromatic rings. The van der Waals surface area contributed by atoms with Crippen LogP contribution in [0, 0.1) is 6.92 Å². The quantitative estimate of drug-likeness (QED) is 0.622. The first-order valence-electron chi connectivity index (χ1n) is 9.92. The van der Waals surface area contributed by atoms with Crippen LogP contribution in [0.15, 0.2) is 70.2 Å². The van der Waals surface area contributed by atoms with Crippen LogP contribution in [-0.4, -0.2) is 17.2 Å². The van der Waals surface area contributed by atoms with E-state index < -0.39 is 0 Å². The monoisotopic (exact) mass is 365 g/mol. The first-order chi connectivity index (χ1) is 13.0. The number of nitrogens with zero attached hydrogens (tertiary/aromatic N) is 2. The zero-order valence-electron chi connectivity index (χ0n) is 18.1. The molecule has 3 nitrogen and oxygen atoms in total. The Balaban J connectivity index is 0.00000114. The van der Waals surface area contributed by atoms with Crippen molar-refractivity contribution in [2.24, 2.45) is 4.99 Å². The summed E-state index contributed by atoms with van der Waals surface area (Å²) >= 11 is 0. The maximum atomic E-state index is 4.63. The number of rotatable bonds is 5. The SMILES string of the molecule is CCC.C\C=C/N=C1\C=C(CNc2cnccc2C)C(C)=C(C)\C1=C/CC. The van der Waals surface area contributed by atoms with Crippen molar-refractivity contribution in [1.82, 2.24) is 4.98 Å². The number of hydrogen-bond donors (Lipinski definition) is 1. The van der Waals surface area contributed by atoms with Crippen molar-refractivity contribution in [1.29, 1.82) is 0 Å². The van der Waals surface area contributed by atoms with E-state index >= 15 is 0 Å². The fraction of sp³-hybridized carbons (Fsp3) is 0.417. The van der Waals surface area contributed by atoms with E-state index in [4.69, 9.17) is 0 Å². The maximum absolute atomic E-state index is 4.63. The second-order valence-corrected chi connectivity index (χ2v) is 6.69. The van der Waals surface area contributed by atoms with Gasteiger partial charge in [0.25, 0.3) is 0 Å². The van der Waals surface area contributed by atoms with Gasteiger partial charge in [0.1, 0.15) is 0 Å². The molecule has 0 amide bonds. The lowest BCUT2D eigenvalue weighted by molar-refractivity contribution is 1.09. The minimum atomic E-state index is 0.768. The minimum Gasteiger partial charge on any atom is -0.379 e. The third kappa shape index (κ3) is 6.67. The predicted molar refractivity (Wildman–Crippen MR) is 121 cm³/mol. The van der Waals surface area contributed by atoms with E-state index in [9.17, 15) is 0 Å². The van der Waals surface area contributed by atoms with E-state index in [1.165, 1.54) is 34.3 Å². The Hall–Kier alpha value is -2.42. The molecule has 1 heterocycles. The van der Waals surface area contributed by atoms with Crippen molar-refractivity contribution in [3.63, 3.8) is 0 Å². The molecule has 0 unspecified atom stereocenters. The van der Waals surface area contributed by atoms with E-state index in [1.54, 1.807) is 0 Å². The summed E-state index contributed by atoms with van der Waals surface area (Å²) in [6, 6.07) is 2.02. The molecule has 27 heavy (non-hydrogen) atoms. The molecule has 0 saturated carbocycles. The molecule has 0 spiro atoms. The zero-order chi connectivity index (χ0) is 20.2. The van der Waals surface area contributed by atoms with Gasteiger partial charge in [-0.1, -0.05) is 39.3 Å². The van der Waals surface area contributed by atoms with Crippen LogP contribution in [0.1, 0.15) is 59.9 Å². The summed E-state index contributed by atoms with van der Waals surface area (Å²) in [7, 11) is 0. The van der Waals surface area contributed by atoms with Crippen LogP contribution in [0.3, 0.4) is 0 Å². The molecule has 1 N–H and O–H groups in total. The highest BCUT2D eigenvalue weighted by Crippen LogP contribution is 2.29. The summed E-state index contributed by atoms with van der Waals surface area (Å²) in [5.41, 5.74) is 8.46. The lowest BCUT2D eigenvalue weighted by atomic mass is 9.86. The number of allylic oxidation sites excluding steroid dienone is 5. The summed E-state index contributed by atoms with van der Waals surface area (Å²) in [4.78, 5) is 8.83. The van der Waals surface area contributed by atoms with E-state index in [0.29, 0.717) is 0 Å². The number of aliphatic imine (C=N–C) groups is 1. The Morgan fingerprint density at radius 3 is 2.41 bits per heavy atom. The highest BCUT2D eigenvalue weighted by molar-refractivity contribution is 6.14. The standard InChI is InChI=1S/C21H27N3.C3H8/c1-6-8-19-17(5)16(4)18(12-20(19)23-10-7-2)13-24-21-14-22-11-9-15(21)3;1-3-2/h7-12,14,24H,6,13H2,1-5H3;3H2,1-2H3/b10-7-,19-8+,23-20+;. The molecule has 0 bridgehead atoms. The Morgan fingerprint density at radius 1 is 1.11 bits per heavy atom. The van der Waals surface area contributed by atoms with Crippen LogP contribution >= 0.6 is 0 Å². The Bertz CT molecular complexity index is 762. The van der Waals surface area contributed by atoms with Gasteiger partial charge >= 0.3 is 0 Å². The average Bonchev–Trinajstić information content (AvgIpc) is 2.66. The molecule has 1 aromatic heterocycles. The topological polar surface area (TPSA) is 37.3 Å². The number of aromatic nitrogens is 1. The van der Waals surface area contributed by atoms with E-state index in [1.807, 2.05) is 37.7 Å². The Labute approximate surface area is 165 Å². The van der Waals surface area contributed by atoms with Gasteiger partial charge in [0, 0.05) is 18.9 Å². The summed E-state index contributed by atoms with van der Waals surface area (Å²) in [5.74, 6) is 0. The van der Waals surface area contributed by atoms with Crippen molar-refractivity contribution in [2.45, 2.75) is 61.3 Å². The predicted octanol–water partition coefficient (Wildman–Crippen LogP) is 6.81. The third-order valence-electron chi connectivity index (χ3n) is 4.31. The zero-order valence-corrected chi connectivity index (χ0v) is 18.1. The molecule has 146 valence electrons. The van der Waals surface area contributed by atoms with Gasteiger partial charge in [-0.25, -0.2) is 0 Å². The van der Waals surface area contributed by atoms with Crippen LogP contribution < -0.4 is 5.32 Å². The highest BCUT2D eigenvalue weighted by atomic mass is 14.9. The van der Waals surface area contributed by atoms with E-state index in [-0.39, 0.29) is 0 Å². The molecule has 0 atom stereocenters. The summed E-state index contributed by atoms with van der Waals surface area (Å²) in [6.07, 6.45) is 14.2. The minimum absolute atomic E-state index is 0.768. The van der Waals surface area contributed by atoms with Gasteiger partial charge in [-0.3, -0.25) is 9.98 Å². The normalized spacial score (nSPS) is 17.2. The molecule has 3 heteroatoms. The number of aryl methyl sites for hydroxylation is 1. The third-order valence-corrected chi connectivity index (χ3v) is 4.31. The number of pyridine rings is 1. The van der Waals surface area contributed by atoms with Crippen molar-refractivity contribution in [3.05, 3.63) is 70.7 Å². The molecular formula is C24H35N3. The second kappa shape index (κ2) is 12.1. The van der Waals surface area contributed by atoms with Crippen LogP contribution in [0.25, 0.3) is 0 Å². The first-order valence-corrected chi connectivity index (χ1v) is 9.92. The van der Waals surface area contributed by atoms with E-state index in [0.717, 1.165) is 24.4 Å². The maximum Gasteiger partial charge on any atom is 0.0704 e. The average molecular weight is 366 g/mol. The van der Waals surface area contributed by atoms with Gasteiger partial charge < -0.3 is 5.32 Å². The van der Waals surface area contributed by atoms with Gasteiger partial charge in [-0.2, -0.15) is 0 Å². The fourth-order valence-corrected chi connectivity index (χ4v) is 2.73. The molecule has 1 aliphatic carbocycles. The van der Waals surface area contributed by atoms with Crippen molar-refractivity contribution in [3.8, 4) is 0 Å². The van der Waals surface area contributed by atoms with Gasteiger partial charge in [0.2, 0.25) is 0 Å². The first kappa shape index (κ1) is 22.6. The molecule has 2 rings (SSSR count). The Morgan fingerprint density at radius 2 is 1.81 bits per heavy atom. The molecule has 0 radical (unpaired) electrons. The smallest absolute Gasteiger partial charge is 0.0704 e. The van der Waals surface area contributed by atoms with Crippen LogP contribution in [0.4, 0.5) is 5.69 Å². The lowest BCUT2D eigenvalue weighted by Gasteiger charge is -2.22. The molecular weight excluding hydrogens is 330 g/mol. The molecule has 0 aliphatic heterocycles. The fourth-order valence-electron chi connectivity index (χ4n) is 2.73. The van der Waals surface area contributed by atoms with Crippen molar-refractivity contribution in [2.75, 3.05) is 11.9 Å². The molecule has 0 fully saturated rings. The summed E-state index contributed by atoms with van der Waals surface area (Å²) < 4.78 is 0. The lowest BCUT2D eigenvalue weighted by Crippen LogP contribution is -2.16. The van der Waals surface area contributed by atoms with Crippen LogP contribution in [-0.2, 0) is 0 Å².